The Morgan fingerprint density at radius 1 is 0.944 bits per heavy atom. The normalized spacial score (nSPS) is 21.9. The zero-order valence-electron chi connectivity index (χ0n) is 11.6. The van der Waals surface area contributed by atoms with Crippen LogP contribution in [0.25, 0.3) is 0 Å². The van der Waals surface area contributed by atoms with E-state index in [1.807, 2.05) is 0 Å². The highest BCUT2D eigenvalue weighted by atomic mass is 14.9. The van der Waals surface area contributed by atoms with Crippen LogP contribution in [0.3, 0.4) is 0 Å². The van der Waals surface area contributed by atoms with Gasteiger partial charge in [-0.25, -0.2) is 0 Å². The van der Waals surface area contributed by atoms with Crippen molar-refractivity contribution in [2.45, 2.75) is 51.5 Å². The van der Waals surface area contributed by atoms with Crippen molar-refractivity contribution in [3.63, 3.8) is 0 Å². The fourth-order valence-electron chi connectivity index (χ4n) is 2.02. The number of allylic oxidation sites excluding steroid dienone is 7. The van der Waals surface area contributed by atoms with Crippen LogP contribution in [-0.4, -0.2) is 12.6 Å². The summed E-state index contributed by atoms with van der Waals surface area (Å²) in [5.41, 5.74) is 0. The van der Waals surface area contributed by atoms with Gasteiger partial charge in [-0.1, -0.05) is 62.0 Å². The quantitative estimate of drug-likeness (QED) is 0.394. The second kappa shape index (κ2) is 11.0. The monoisotopic (exact) mass is 245 g/mol. The predicted molar refractivity (Wildman–Crippen MR) is 81.7 cm³/mol. The minimum absolute atomic E-state index is 0.589. The average Bonchev–Trinajstić information content (AvgIpc) is 2.42. The summed E-state index contributed by atoms with van der Waals surface area (Å²) in [5, 5.41) is 3.50. The molecule has 0 aromatic carbocycles. The Morgan fingerprint density at radius 3 is 2.56 bits per heavy atom. The Bertz CT molecular complexity index is 291. The Morgan fingerprint density at radius 2 is 1.78 bits per heavy atom. The van der Waals surface area contributed by atoms with Gasteiger partial charge in [-0.15, -0.1) is 0 Å². The lowest BCUT2D eigenvalue weighted by atomic mass is 10.0. The predicted octanol–water partition coefficient (Wildman–Crippen LogP) is 4.54. The summed E-state index contributed by atoms with van der Waals surface area (Å²) in [6, 6.07) is 0.589. The van der Waals surface area contributed by atoms with Crippen LogP contribution in [0.15, 0.2) is 48.6 Å². The van der Waals surface area contributed by atoms with E-state index in [1.54, 1.807) is 0 Å². The Kier molecular flexibility index (Phi) is 9.18. The largest absolute Gasteiger partial charge is 0.311 e. The van der Waals surface area contributed by atoms with Crippen molar-refractivity contribution in [3.05, 3.63) is 48.6 Å². The fourth-order valence-corrected chi connectivity index (χ4v) is 2.02. The third kappa shape index (κ3) is 8.08. The van der Waals surface area contributed by atoms with E-state index in [0.717, 1.165) is 19.3 Å². The molecule has 100 valence electrons. The summed E-state index contributed by atoms with van der Waals surface area (Å²) in [6.07, 6.45) is 24.9. The highest BCUT2D eigenvalue weighted by Gasteiger charge is 2.07. The van der Waals surface area contributed by atoms with Gasteiger partial charge >= 0.3 is 0 Å². The Balaban J connectivity index is 2.06. The van der Waals surface area contributed by atoms with Gasteiger partial charge in [0.05, 0.1) is 0 Å². The standard InChI is InChI=1S/C17H27N/c1-2-3-4-5-6-7-8-9-10-11-14-17-15-12-13-16-18-17/h3-4,7-11,14,17-18H,2,5-6,12-13,15-16H2,1H3/b4-3+,8-7+,10-9+,14-11+. The lowest BCUT2D eigenvalue weighted by molar-refractivity contribution is 0.454. The number of unbranched alkanes of at least 4 members (excludes halogenated alkanes) is 1. The second-order valence-corrected chi connectivity index (χ2v) is 4.71. The molecule has 0 aromatic heterocycles. The molecule has 0 radical (unpaired) electrons. The summed E-state index contributed by atoms with van der Waals surface area (Å²) in [4.78, 5) is 0. The third-order valence-corrected chi connectivity index (χ3v) is 3.06. The van der Waals surface area contributed by atoms with Gasteiger partial charge in [0.1, 0.15) is 0 Å². The molecule has 0 amide bonds. The molecule has 1 aliphatic heterocycles. The highest BCUT2D eigenvalue weighted by molar-refractivity contribution is 5.13. The van der Waals surface area contributed by atoms with E-state index >= 15 is 0 Å². The van der Waals surface area contributed by atoms with Gasteiger partial charge in [0.2, 0.25) is 0 Å². The Labute approximate surface area is 112 Å². The summed E-state index contributed by atoms with van der Waals surface area (Å²) in [7, 11) is 0. The van der Waals surface area contributed by atoms with Crippen molar-refractivity contribution in [1.82, 2.24) is 5.32 Å². The number of piperidine rings is 1. The molecular formula is C17H27N. The van der Waals surface area contributed by atoms with Crippen LogP contribution in [0, 0.1) is 0 Å². The van der Waals surface area contributed by atoms with Crippen LogP contribution in [0.4, 0.5) is 0 Å². The van der Waals surface area contributed by atoms with Crippen molar-refractivity contribution in [3.8, 4) is 0 Å². The fraction of sp³-hybridized carbons (Fsp3) is 0.529. The first-order valence-corrected chi connectivity index (χ1v) is 7.32. The molecule has 1 heterocycles. The van der Waals surface area contributed by atoms with Gasteiger partial charge in [-0.2, -0.15) is 0 Å². The van der Waals surface area contributed by atoms with E-state index in [-0.39, 0.29) is 0 Å². The van der Waals surface area contributed by atoms with Crippen LogP contribution in [-0.2, 0) is 0 Å². The molecule has 1 N–H and O–H groups in total. The van der Waals surface area contributed by atoms with Crippen LogP contribution in [0.1, 0.15) is 45.4 Å². The molecule has 0 aromatic rings. The molecule has 1 aliphatic rings. The maximum atomic E-state index is 3.50. The van der Waals surface area contributed by atoms with Gasteiger partial charge in [-0.3, -0.25) is 0 Å². The summed E-state index contributed by atoms with van der Waals surface area (Å²) < 4.78 is 0. The molecule has 1 saturated heterocycles. The molecule has 1 rings (SSSR count). The molecule has 1 unspecified atom stereocenters. The van der Waals surface area contributed by atoms with Crippen LogP contribution in [0.2, 0.25) is 0 Å². The number of rotatable bonds is 7. The van der Waals surface area contributed by atoms with Gasteiger partial charge in [-0.05, 0) is 38.6 Å². The first-order valence-electron chi connectivity index (χ1n) is 7.32. The molecule has 1 nitrogen and oxygen atoms in total. The van der Waals surface area contributed by atoms with Crippen LogP contribution >= 0.6 is 0 Å². The Hall–Kier alpha value is -1.08. The molecule has 1 heteroatoms. The van der Waals surface area contributed by atoms with E-state index in [9.17, 15) is 0 Å². The van der Waals surface area contributed by atoms with Crippen molar-refractivity contribution in [2.75, 3.05) is 6.54 Å². The number of hydrogen-bond donors (Lipinski definition) is 1. The zero-order chi connectivity index (χ0) is 12.9. The number of nitrogens with one attached hydrogen (secondary N) is 1. The molecule has 0 bridgehead atoms. The molecule has 0 spiro atoms. The van der Waals surface area contributed by atoms with E-state index in [4.69, 9.17) is 0 Å². The summed E-state index contributed by atoms with van der Waals surface area (Å²) in [5.74, 6) is 0. The van der Waals surface area contributed by atoms with Crippen LogP contribution in [0.5, 0.6) is 0 Å². The van der Waals surface area contributed by atoms with E-state index in [2.05, 4.69) is 60.8 Å². The molecule has 0 aliphatic carbocycles. The van der Waals surface area contributed by atoms with Crippen LogP contribution < -0.4 is 5.32 Å². The second-order valence-electron chi connectivity index (χ2n) is 4.71. The SMILES string of the molecule is CC/C=C/CC/C=C/C=C/C=C/C1CCCCN1. The highest BCUT2D eigenvalue weighted by Crippen LogP contribution is 2.07. The van der Waals surface area contributed by atoms with Crippen molar-refractivity contribution in [1.29, 1.82) is 0 Å². The summed E-state index contributed by atoms with van der Waals surface area (Å²) >= 11 is 0. The summed E-state index contributed by atoms with van der Waals surface area (Å²) in [6.45, 7) is 3.34. The third-order valence-electron chi connectivity index (χ3n) is 3.06. The average molecular weight is 245 g/mol. The first kappa shape index (κ1) is 15.0. The first-order chi connectivity index (χ1) is 8.93. The molecular weight excluding hydrogens is 218 g/mol. The molecule has 18 heavy (non-hydrogen) atoms. The van der Waals surface area contributed by atoms with Gasteiger partial charge in [0, 0.05) is 6.04 Å². The minimum Gasteiger partial charge on any atom is -0.311 e. The molecule has 1 fully saturated rings. The zero-order valence-corrected chi connectivity index (χ0v) is 11.6. The van der Waals surface area contributed by atoms with Gasteiger partial charge in [0.15, 0.2) is 0 Å². The van der Waals surface area contributed by atoms with Crippen molar-refractivity contribution < 1.29 is 0 Å². The van der Waals surface area contributed by atoms with Gasteiger partial charge in [0.25, 0.3) is 0 Å². The topological polar surface area (TPSA) is 12.0 Å². The van der Waals surface area contributed by atoms with E-state index in [0.29, 0.717) is 6.04 Å². The van der Waals surface area contributed by atoms with Crippen molar-refractivity contribution in [2.24, 2.45) is 0 Å². The lowest BCUT2D eigenvalue weighted by Gasteiger charge is -2.19. The maximum absolute atomic E-state index is 3.50. The van der Waals surface area contributed by atoms with Gasteiger partial charge < -0.3 is 5.32 Å². The van der Waals surface area contributed by atoms with E-state index < -0.39 is 0 Å². The van der Waals surface area contributed by atoms with E-state index in [1.165, 1.54) is 25.8 Å². The minimum atomic E-state index is 0.589. The number of hydrogen-bond acceptors (Lipinski definition) is 1. The maximum Gasteiger partial charge on any atom is 0.0253 e. The molecule has 0 saturated carbocycles. The smallest absolute Gasteiger partial charge is 0.0253 e. The lowest BCUT2D eigenvalue weighted by Crippen LogP contribution is -2.31. The van der Waals surface area contributed by atoms with Crippen molar-refractivity contribution >= 4 is 0 Å². The molecule has 1 atom stereocenters.